The maximum atomic E-state index is 11.0. The second-order valence-corrected chi connectivity index (χ2v) is 10.5. The highest BCUT2D eigenvalue weighted by molar-refractivity contribution is 6.30. The van der Waals surface area contributed by atoms with Crippen LogP contribution in [0.25, 0.3) is 45.1 Å². The Labute approximate surface area is 250 Å². The molecule has 2 unspecified atom stereocenters. The molecule has 212 valence electrons. The Morgan fingerprint density at radius 3 is 1.31 bits per heavy atom. The van der Waals surface area contributed by atoms with Crippen molar-refractivity contribution in [1.82, 2.24) is 9.97 Å². The van der Waals surface area contributed by atoms with Gasteiger partial charge < -0.3 is 19.0 Å². The van der Waals surface area contributed by atoms with Crippen molar-refractivity contribution in [3.63, 3.8) is 0 Å². The molecule has 0 aliphatic rings. The summed E-state index contributed by atoms with van der Waals surface area (Å²) in [6.07, 6.45) is 0. The van der Waals surface area contributed by atoms with Gasteiger partial charge >= 0.3 is 11.9 Å². The second kappa shape index (κ2) is 12.1. The van der Waals surface area contributed by atoms with Crippen LogP contribution in [0.1, 0.15) is 36.8 Å². The van der Waals surface area contributed by atoms with Crippen LogP contribution < -0.4 is 0 Å². The van der Waals surface area contributed by atoms with E-state index in [9.17, 15) is 9.59 Å². The summed E-state index contributed by atoms with van der Waals surface area (Å²) in [5, 5.41) is 19.4. The molecule has 2 atom stereocenters. The summed E-state index contributed by atoms with van der Waals surface area (Å²) in [7, 11) is 0. The topological polar surface area (TPSA) is 127 Å². The van der Waals surface area contributed by atoms with Crippen LogP contribution in [0.3, 0.4) is 0 Å². The molecule has 0 bridgehead atoms. The highest BCUT2D eigenvalue weighted by atomic mass is 35.5. The summed E-state index contributed by atoms with van der Waals surface area (Å²) < 4.78 is 11.4. The Morgan fingerprint density at radius 1 is 0.619 bits per heavy atom. The third-order valence-electron chi connectivity index (χ3n) is 6.75. The van der Waals surface area contributed by atoms with E-state index < -0.39 is 23.8 Å². The molecule has 0 saturated heterocycles. The Bertz CT molecular complexity index is 1760. The van der Waals surface area contributed by atoms with Crippen LogP contribution in [-0.2, 0) is 9.59 Å². The lowest BCUT2D eigenvalue weighted by molar-refractivity contribution is -0.139. The number of hydrogen-bond donors (Lipinski definition) is 2. The van der Waals surface area contributed by atoms with Crippen LogP contribution in [-0.4, -0.2) is 32.1 Å². The molecule has 2 N–H and O–H groups in total. The van der Waals surface area contributed by atoms with Crippen LogP contribution in [0.15, 0.2) is 93.8 Å². The maximum Gasteiger partial charge on any atom is 0.310 e. The fourth-order valence-electron chi connectivity index (χ4n) is 4.14. The number of aliphatic carboxylic acids is 2. The van der Waals surface area contributed by atoms with Crippen LogP contribution in [0.2, 0.25) is 10.0 Å². The summed E-state index contributed by atoms with van der Waals surface area (Å²) in [6, 6.07) is 24.9. The molecule has 2 aromatic heterocycles. The summed E-state index contributed by atoms with van der Waals surface area (Å²) in [5.74, 6) is -1.91. The molecular formula is C32H24Cl2N2O6. The SMILES string of the molecule is CC(C(=O)O)c1ccc2oc(-c3ccc(Cl)cc3)nc2c1.CC(C(=O)O)c1ccc2oc(-c3ccc(Cl)cc3)nc2c1. The Hall–Kier alpha value is -4.66. The van der Waals surface area contributed by atoms with Gasteiger partial charge in [0.2, 0.25) is 11.8 Å². The van der Waals surface area contributed by atoms with Gasteiger partial charge in [-0.3, -0.25) is 9.59 Å². The van der Waals surface area contributed by atoms with Crippen molar-refractivity contribution in [2.75, 3.05) is 0 Å². The van der Waals surface area contributed by atoms with Gasteiger partial charge in [0, 0.05) is 21.2 Å². The smallest absolute Gasteiger partial charge is 0.310 e. The number of carboxylic acid groups (broad SMARTS) is 2. The minimum atomic E-state index is -0.865. The predicted octanol–water partition coefficient (Wildman–Crippen LogP) is 8.67. The van der Waals surface area contributed by atoms with E-state index in [1.54, 1.807) is 74.5 Å². The largest absolute Gasteiger partial charge is 0.481 e. The zero-order valence-corrected chi connectivity index (χ0v) is 23.9. The molecule has 6 aromatic rings. The van der Waals surface area contributed by atoms with Crippen molar-refractivity contribution in [2.45, 2.75) is 25.7 Å². The Balaban J connectivity index is 0.000000168. The average Bonchev–Trinajstić information content (AvgIpc) is 3.61. The summed E-state index contributed by atoms with van der Waals surface area (Å²) in [4.78, 5) is 30.9. The number of benzene rings is 4. The van der Waals surface area contributed by atoms with E-state index in [0.717, 1.165) is 11.1 Å². The molecule has 0 saturated carbocycles. The number of rotatable bonds is 6. The Morgan fingerprint density at radius 2 is 0.976 bits per heavy atom. The van der Waals surface area contributed by atoms with Crippen molar-refractivity contribution in [3.8, 4) is 22.9 Å². The Kier molecular flexibility index (Phi) is 8.29. The highest BCUT2D eigenvalue weighted by Gasteiger charge is 2.17. The van der Waals surface area contributed by atoms with Gasteiger partial charge in [-0.05, 0) is 97.8 Å². The van der Waals surface area contributed by atoms with Crippen molar-refractivity contribution in [3.05, 3.63) is 106 Å². The molecule has 42 heavy (non-hydrogen) atoms. The number of halogens is 2. The van der Waals surface area contributed by atoms with E-state index in [0.29, 0.717) is 55.2 Å². The van der Waals surface area contributed by atoms with Gasteiger partial charge in [0.15, 0.2) is 11.2 Å². The number of oxazole rings is 2. The molecular weight excluding hydrogens is 579 g/mol. The molecule has 0 radical (unpaired) electrons. The van der Waals surface area contributed by atoms with E-state index >= 15 is 0 Å². The zero-order valence-electron chi connectivity index (χ0n) is 22.4. The lowest BCUT2D eigenvalue weighted by atomic mass is 10.0. The number of fused-ring (bicyclic) bond motifs is 2. The molecule has 4 aromatic carbocycles. The lowest BCUT2D eigenvalue weighted by Gasteiger charge is -2.04. The van der Waals surface area contributed by atoms with Crippen molar-refractivity contribution >= 4 is 57.3 Å². The first kappa shape index (κ1) is 28.9. The van der Waals surface area contributed by atoms with Crippen LogP contribution in [0.5, 0.6) is 0 Å². The lowest BCUT2D eigenvalue weighted by Crippen LogP contribution is -2.06. The number of hydrogen-bond acceptors (Lipinski definition) is 6. The van der Waals surface area contributed by atoms with Crippen molar-refractivity contribution < 1.29 is 28.6 Å². The number of nitrogens with zero attached hydrogens (tertiary/aromatic N) is 2. The molecule has 10 heteroatoms. The minimum absolute atomic E-state index is 0.488. The normalized spacial score (nSPS) is 12.5. The van der Waals surface area contributed by atoms with E-state index in [1.807, 2.05) is 24.3 Å². The predicted molar refractivity (Wildman–Crippen MR) is 161 cm³/mol. The fraction of sp³-hybridized carbons (Fsp3) is 0.125. The van der Waals surface area contributed by atoms with E-state index in [1.165, 1.54) is 0 Å². The molecule has 0 aliphatic heterocycles. The van der Waals surface area contributed by atoms with Gasteiger partial charge in [-0.1, -0.05) is 35.3 Å². The second-order valence-electron chi connectivity index (χ2n) is 9.63. The van der Waals surface area contributed by atoms with Crippen molar-refractivity contribution in [1.29, 1.82) is 0 Å². The molecule has 0 amide bonds. The molecule has 0 fully saturated rings. The maximum absolute atomic E-state index is 11.0. The quantitative estimate of drug-likeness (QED) is 0.194. The average molecular weight is 603 g/mol. The monoisotopic (exact) mass is 602 g/mol. The summed E-state index contributed by atoms with van der Waals surface area (Å²) in [5.41, 5.74) is 5.59. The molecule has 6 rings (SSSR count). The fourth-order valence-corrected chi connectivity index (χ4v) is 4.40. The summed E-state index contributed by atoms with van der Waals surface area (Å²) in [6.45, 7) is 3.29. The first-order chi connectivity index (χ1) is 20.1. The molecule has 0 spiro atoms. The summed E-state index contributed by atoms with van der Waals surface area (Å²) >= 11 is 11.7. The van der Waals surface area contributed by atoms with E-state index in [-0.39, 0.29) is 0 Å². The zero-order chi connectivity index (χ0) is 30.0. The van der Waals surface area contributed by atoms with E-state index in [4.69, 9.17) is 42.2 Å². The van der Waals surface area contributed by atoms with Gasteiger partial charge in [0.05, 0.1) is 11.8 Å². The standard InChI is InChI=1S/2C16H12ClNO3/c2*1-9(16(19)20)11-4-7-14-13(8-11)18-15(21-14)10-2-5-12(17)6-3-10/h2*2-9H,1H3,(H,19,20). The first-order valence-corrected chi connectivity index (χ1v) is 13.6. The van der Waals surface area contributed by atoms with Gasteiger partial charge in [0.1, 0.15) is 11.0 Å². The van der Waals surface area contributed by atoms with E-state index in [2.05, 4.69) is 9.97 Å². The minimum Gasteiger partial charge on any atom is -0.481 e. The van der Waals surface area contributed by atoms with Gasteiger partial charge in [-0.15, -0.1) is 0 Å². The van der Waals surface area contributed by atoms with Gasteiger partial charge in [0.25, 0.3) is 0 Å². The van der Waals surface area contributed by atoms with Crippen molar-refractivity contribution in [2.24, 2.45) is 0 Å². The van der Waals surface area contributed by atoms with Crippen LogP contribution >= 0.6 is 23.2 Å². The molecule has 8 nitrogen and oxygen atoms in total. The molecule has 2 heterocycles. The third-order valence-corrected chi connectivity index (χ3v) is 7.25. The van der Waals surface area contributed by atoms with Crippen LogP contribution in [0, 0.1) is 0 Å². The van der Waals surface area contributed by atoms with Crippen LogP contribution in [0.4, 0.5) is 0 Å². The number of carbonyl (C=O) groups is 2. The van der Waals surface area contributed by atoms with Gasteiger partial charge in [-0.25, -0.2) is 9.97 Å². The van der Waals surface area contributed by atoms with Gasteiger partial charge in [-0.2, -0.15) is 0 Å². The number of carboxylic acids is 2. The number of aromatic nitrogens is 2. The third kappa shape index (κ3) is 6.30. The molecule has 0 aliphatic carbocycles. The highest BCUT2D eigenvalue weighted by Crippen LogP contribution is 2.29. The first-order valence-electron chi connectivity index (χ1n) is 12.9.